The molecule has 140 valence electrons. The van der Waals surface area contributed by atoms with E-state index in [1.54, 1.807) is 20.1 Å². The number of halogens is 1. The van der Waals surface area contributed by atoms with Gasteiger partial charge < -0.3 is 9.47 Å². The minimum absolute atomic E-state index is 0.217. The average Bonchev–Trinajstić information content (AvgIpc) is 2.68. The summed E-state index contributed by atoms with van der Waals surface area (Å²) in [4.78, 5) is 25.4. The van der Waals surface area contributed by atoms with Crippen LogP contribution in [0, 0.1) is 5.92 Å². The van der Waals surface area contributed by atoms with Crippen molar-refractivity contribution in [2.24, 2.45) is 5.92 Å². The first-order valence-corrected chi connectivity index (χ1v) is 9.63. The van der Waals surface area contributed by atoms with Gasteiger partial charge in [0.25, 0.3) is 0 Å². The zero-order valence-corrected chi connectivity index (χ0v) is 16.9. The number of carbonyl (C=O) groups excluding carboxylic acids is 2. The summed E-state index contributed by atoms with van der Waals surface area (Å²) >= 11 is 3.43. The number of allylic oxidation sites excluding steroid dienone is 2. The molecule has 1 aliphatic rings. The maximum absolute atomic E-state index is 12.9. The number of ether oxygens (including phenoxy) is 2. The van der Waals surface area contributed by atoms with Crippen LogP contribution in [0.15, 0.2) is 59.1 Å². The molecule has 2 aromatic carbocycles. The highest BCUT2D eigenvalue weighted by atomic mass is 79.9. The molecule has 0 amide bonds. The molecule has 0 radical (unpaired) electrons. The van der Waals surface area contributed by atoms with Crippen molar-refractivity contribution >= 4 is 33.3 Å². The summed E-state index contributed by atoms with van der Waals surface area (Å²) in [5.41, 5.74) is 2.78. The van der Waals surface area contributed by atoms with Crippen molar-refractivity contribution in [3.63, 3.8) is 0 Å². The van der Waals surface area contributed by atoms with E-state index in [4.69, 9.17) is 9.47 Å². The number of carbonyl (C=O) groups is 2. The van der Waals surface area contributed by atoms with E-state index < -0.39 is 11.9 Å². The first kappa shape index (κ1) is 19.4. The van der Waals surface area contributed by atoms with Gasteiger partial charge in [-0.1, -0.05) is 40.2 Å². The minimum atomic E-state index is -0.837. The van der Waals surface area contributed by atoms with Crippen LogP contribution in [0.4, 0.5) is 0 Å². The van der Waals surface area contributed by atoms with E-state index in [1.807, 2.05) is 48.5 Å². The number of esters is 1. The zero-order chi connectivity index (χ0) is 19.4. The van der Waals surface area contributed by atoms with Gasteiger partial charge in [-0.3, -0.25) is 9.59 Å². The van der Waals surface area contributed by atoms with Gasteiger partial charge in [-0.05, 0) is 60.4 Å². The number of methoxy groups -OCH3 is 1. The van der Waals surface area contributed by atoms with Gasteiger partial charge in [-0.15, -0.1) is 0 Å². The van der Waals surface area contributed by atoms with Crippen molar-refractivity contribution in [1.82, 2.24) is 0 Å². The molecule has 0 spiro atoms. The normalized spacial score (nSPS) is 19.4. The zero-order valence-electron chi connectivity index (χ0n) is 15.3. The predicted octanol–water partition coefficient (Wildman–Crippen LogP) is 4.78. The molecule has 0 aliphatic heterocycles. The second-order valence-corrected chi connectivity index (χ2v) is 7.31. The molecular weight excluding hydrogens is 408 g/mol. The van der Waals surface area contributed by atoms with Gasteiger partial charge in [0.1, 0.15) is 11.7 Å². The smallest absolute Gasteiger partial charge is 0.317 e. The van der Waals surface area contributed by atoms with Crippen LogP contribution in [0.2, 0.25) is 0 Å². The Morgan fingerprint density at radius 3 is 2.59 bits per heavy atom. The number of ketones is 1. The number of hydrogen-bond acceptors (Lipinski definition) is 4. The second-order valence-electron chi connectivity index (χ2n) is 6.40. The van der Waals surface area contributed by atoms with E-state index >= 15 is 0 Å². The van der Waals surface area contributed by atoms with Gasteiger partial charge in [-0.25, -0.2) is 0 Å². The van der Waals surface area contributed by atoms with Gasteiger partial charge in [0.15, 0.2) is 5.78 Å². The standard InChI is InChI=1S/C22H21BrO4/c1-3-27-22(25)21-19(15-5-4-6-18(11-15)26-2)12-16(13-20(21)24)14-7-9-17(23)10-8-14/h4-11,13,19,21H,3,12H2,1-2H3. The molecule has 0 saturated carbocycles. The Labute approximate surface area is 167 Å². The summed E-state index contributed by atoms with van der Waals surface area (Å²) < 4.78 is 11.5. The van der Waals surface area contributed by atoms with Crippen LogP contribution < -0.4 is 4.74 Å². The third kappa shape index (κ3) is 4.30. The van der Waals surface area contributed by atoms with Crippen LogP contribution in [-0.4, -0.2) is 25.5 Å². The first-order valence-electron chi connectivity index (χ1n) is 8.84. The number of hydrogen-bond donors (Lipinski definition) is 0. The molecule has 0 bridgehead atoms. The molecule has 3 rings (SSSR count). The van der Waals surface area contributed by atoms with E-state index in [0.717, 1.165) is 21.2 Å². The molecule has 0 N–H and O–H groups in total. The molecule has 1 aliphatic carbocycles. The maximum atomic E-state index is 12.9. The Morgan fingerprint density at radius 1 is 1.19 bits per heavy atom. The Hall–Kier alpha value is -2.40. The van der Waals surface area contributed by atoms with Crippen LogP contribution in [-0.2, 0) is 14.3 Å². The minimum Gasteiger partial charge on any atom is -0.497 e. The fourth-order valence-electron chi connectivity index (χ4n) is 3.43. The molecule has 2 atom stereocenters. The van der Waals surface area contributed by atoms with Crippen molar-refractivity contribution < 1.29 is 19.1 Å². The molecule has 2 unspecified atom stereocenters. The molecule has 0 saturated heterocycles. The van der Waals surface area contributed by atoms with Crippen molar-refractivity contribution in [3.8, 4) is 5.75 Å². The van der Waals surface area contributed by atoms with Crippen molar-refractivity contribution in [2.45, 2.75) is 19.3 Å². The van der Waals surface area contributed by atoms with Crippen LogP contribution in [0.3, 0.4) is 0 Å². The highest BCUT2D eigenvalue weighted by Crippen LogP contribution is 2.41. The topological polar surface area (TPSA) is 52.6 Å². The van der Waals surface area contributed by atoms with Crippen molar-refractivity contribution in [2.75, 3.05) is 13.7 Å². The average molecular weight is 429 g/mol. The SMILES string of the molecule is CCOC(=O)C1C(=O)C=C(c2ccc(Br)cc2)CC1c1cccc(OC)c1. The summed E-state index contributed by atoms with van der Waals surface area (Å²) in [5.74, 6) is -1.12. The summed E-state index contributed by atoms with van der Waals surface area (Å²) in [6.07, 6.45) is 2.16. The fraction of sp³-hybridized carbons (Fsp3) is 0.273. The fourth-order valence-corrected chi connectivity index (χ4v) is 3.70. The first-order chi connectivity index (χ1) is 13.0. The summed E-state index contributed by atoms with van der Waals surface area (Å²) in [5, 5.41) is 0. The Balaban J connectivity index is 2.02. The largest absolute Gasteiger partial charge is 0.497 e. The quantitative estimate of drug-likeness (QED) is 0.507. The molecule has 4 nitrogen and oxygen atoms in total. The van der Waals surface area contributed by atoms with Crippen LogP contribution in [0.5, 0.6) is 5.75 Å². The molecule has 27 heavy (non-hydrogen) atoms. The van der Waals surface area contributed by atoms with Crippen LogP contribution >= 0.6 is 15.9 Å². The van der Waals surface area contributed by atoms with E-state index in [-0.39, 0.29) is 18.3 Å². The summed E-state index contributed by atoms with van der Waals surface area (Å²) in [6.45, 7) is 1.99. The lowest BCUT2D eigenvalue weighted by molar-refractivity contribution is -0.151. The molecule has 0 aromatic heterocycles. The van der Waals surface area contributed by atoms with Gasteiger partial charge in [0.2, 0.25) is 0 Å². The van der Waals surface area contributed by atoms with E-state index in [1.165, 1.54) is 0 Å². The number of benzene rings is 2. The lowest BCUT2D eigenvalue weighted by Gasteiger charge is -2.29. The van der Waals surface area contributed by atoms with Crippen LogP contribution in [0.1, 0.15) is 30.4 Å². The second kappa shape index (κ2) is 8.53. The van der Waals surface area contributed by atoms with Gasteiger partial charge in [0, 0.05) is 10.4 Å². The predicted molar refractivity (Wildman–Crippen MR) is 108 cm³/mol. The van der Waals surface area contributed by atoms with E-state index in [0.29, 0.717) is 12.2 Å². The van der Waals surface area contributed by atoms with E-state index in [9.17, 15) is 9.59 Å². The van der Waals surface area contributed by atoms with Crippen molar-refractivity contribution in [1.29, 1.82) is 0 Å². The van der Waals surface area contributed by atoms with Gasteiger partial charge >= 0.3 is 5.97 Å². The molecule has 0 heterocycles. The van der Waals surface area contributed by atoms with Gasteiger partial charge in [-0.2, -0.15) is 0 Å². The lowest BCUT2D eigenvalue weighted by atomic mass is 9.73. The molecule has 0 fully saturated rings. The third-order valence-corrected chi connectivity index (χ3v) is 5.27. The summed E-state index contributed by atoms with van der Waals surface area (Å²) in [7, 11) is 1.60. The molecule has 2 aromatic rings. The van der Waals surface area contributed by atoms with E-state index in [2.05, 4.69) is 15.9 Å². The monoisotopic (exact) mass is 428 g/mol. The van der Waals surface area contributed by atoms with Gasteiger partial charge in [0.05, 0.1) is 13.7 Å². The van der Waals surface area contributed by atoms with Crippen molar-refractivity contribution in [3.05, 3.63) is 70.2 Å². The third-order valence-electron chi connectivity index (χ3n) is 4.74. The Kier molecular flexibility index (Phi) is 6.11. The molecule has 5 heteroatoms. The number of rotatable bonds is 5. The van der Waals surface area contributed by atoms with Crippen LogP contribution in [0.25, 0.3) is 5.57 Å². The molecular formula is C22H21BrO4. The highest BCUT2D eigenvalue weighted by Gasteiger charge is 2.39. The Bertz CT molecular complexity index is 870. The highest BCUT2D eigenvalue weighted by molar-refractivity contribution is 9.10. The summed E-state index contributed by atoms with van der Waals surface area (Å²) in [6, 6.07) is 15.4. The Morgan fingerprint density at radius 2 is 1.93 bits per heavy atom. The maximum Gasteiger partial charge on any atom is 0.317 e. The lowest BCUT2D eigenvalue weighted by Crippen LogP contribution is -2.34.